The number of benzene rings is 2. The highest BCUT2D eigenvalue weighted by atomic mass is 16.5. The minimum absolute atomic E-state index is 0.0962. The summed E-state index contributed by atoms with van der Waals surface area (Å²) < 4.78 is 11.3. The van der Waals surface area contributed by atoms with Crippen molar-refractivity contribution < 1.29 is 19.4 Å². The van der Waals surface area contributed by atoms with Crippen molar-refractivity contribution in [1.82, 2.24) is 0 Å². The lowest BCUT2D eigenvalue weighted by atomic mass is 9.87. The number of carboxylic acid groups (broad SMARTS) is 1. The van der Waals surface area contributed by atoms with E-state index >= 15 is 0 Å². The molecular formula is C21H27NO4. The van der Waals surface area contributed by atoms with Crippen LogP contribution in [0.1, 0.15) is 37.5 Å². The highest BCUT2D eigenvalue weighted by Gasteiger charge is 2.15. The van der Waals surface area contributed by atoms with Crippen molar-refractivity contribution in [1.29, 1.82) is 0 Å². The SMILES string of the molecule is COc1ccc(CC(N)C(=O)O)cc1COc1ccc(C(C)(C)C)cc1. The quantitative estimate of drug-likeness (QED) is 0.792. The molecule has 0 aliphatic carbocycles. The summed E-state index contributed by atoms with van der Waals surface area (Å²) in [4.78, 5) is 10.9. The smallest absolute Gasteiger partial charge is 0.320 e. The molecule has 2 aromatic rings. The van der Waals surface area contributed by atoms with Gasteiger partial charge in [-0.05, 0) is 47.2 Å². The topological polar surface area (TPSA) is 81.8 Å². The number of hydrogen-bond acceptors (Lipinski definition) is 4. The minimum Gasteiger partial charge on any atom is -0.496 e. The van der Waals surface area contributed by atoms with Crippen LogP contribution < -0.4 is 15.2 Å². The minimum atomic E-state index is -1.02. The average molecular weight is 357 g/mol. The zero-order valence-corrected chi connectivity index (χ0v) is 15.8. The standard InChI is InChI=1S/C21H27NO4/c1-21(2,3)16-6-8-17(9-7-16)26-13-15-11-14(5-10-19(15)25-4)12-18(22)20(23)24/h5-11,18H,12-13,22H2,1-4H3,(H,23,24). The van der Waals surface area contributed by atoms with E-state index in [4.69, 9.17) is 20.3 Å². The molecule has 5 nitrogen and oxygen atoms in total. The molecule has 3 N–H and O–H groups in total. The molecule has 0 spiro atoms. The summed E-state index contributed by atoms with van der Waals surface area (Å²) in [6.45, 7) is 6.83. The van der Waals surface area contributed by atoms with Crippen LogP contribution in [-0.2, 0) is 23.2 Å². The van der Waals surface area contributed by atoms with Crippen molar-refractivity contribution >= 4 is 5.97 Å². The van der Waals surface area contributed by atoms with Gasteiger partial charge in [-0.3, -0.25) is 4.79 Å². The molecular weight excluding hydrogens is 330 g/mol. The van der Waals surface area contributed by atoms with Crippen LogP contribution in [0.15, 0.2) is 42.5 Å². The van der Waals surface area contributed by atoms with Crippen LogP contribution in [0.25, 0.3) is 0 Å². The lowest BCUT2D eigenvalue weighted by molar-refractivity contribution is -0.138. The van der Waals surface area contributed by atoms with Gasteiger partial charge in [0, 0.05) is 5.56 Å². The van der Waals surface area contributed by atoms with Crippen LogP contribution in [0.5, 0.6) is 11.5 Å². The lowest BCUT2D eigenvalue weighted by Gasteiger charge is -2.19. The predicted molar refractivity (Wildman–Crippen MR) is 102 cm³/mol. The summed E-state index contributed by atoms with van der Waals surface area (Å²) >= 11 is 0. The molecule has 0 aliphatic heterocycles. The average Bonchev–Trinajstić information content (AvgIpc) is 2.59. The monoisotopic (exact) mass is 357 g/mol. The van der Waals surface area contributed by atoms with E-state index in [1.165, 1.54) is 5.56 Å². The van der Waals surface area contributed by atoms with Crippen LogP contribution in [0.2, 0.25) is 0 Å². The zero-order valence-electron chi connectivity index (χ0n) is 15.8. The maximum Gasteiger partial charge on any atom is 0.320 e. The van der Waals surface area contributed by atoms with Gasteiger partial charge in [-0.1, -0.05) is 39.0 Å². The van der Waals surface area contributed by atoms with Crippen molar-refractivity contribution in [3.8, 4) is 11.5 Å². The highest BCUT2D eigenvalue weighted by molar-refractivity contribution is 5.73. The fourth-order valence-corrected chi connectivity index (χ4v) is 2.63. The number of rotatable bonds is 7. The first-order valence-electron chi connectivity index (χ1n) is 8.58. The van der Waals surface area contributed by atoms with Crippen LogP contribution in [0.4, 0.5) is 0 Å². The van der Waals surface area contributed by atoms with Crippen LogP contribution >= 0.6 is 0 Å². The summed E-state index contributed by atoms with van der Waals surface area (Å²) in [6.07, 6.45) is 0.257. The fraction of sp³-hybridized carbons (Fsp3) is 0.381. The number of methoxy groups -OCH3 is 1. The Bertz CT molecular complexity index is 748. The van der Waals surface area contributed by atoms with Crippen molar-refractivity contribution in [2.24, 2.45) is 5.73 Å². The first-order chi connectivity index (χ1) is 12.2. The van der Waals surface area contributed by atoms with Crippen molar-refractivity contribution in [2.75, 3.05) is 7.11 Å². The first kappa shape index (κ1) is 19.8. The maximum absolute atomic E-state index is 10.9. The van der Waals surface area contributed by atoms with Gasteiger partial charge >= 0.3 is 5.97 Å². The molecule has 2 aromatic carbocycles. The number of nitrogens with two attached hydrogens (primary N) is 1. The Hall–Kier alpha value is -2.53. The summed E-state index contributed by atoms with van der Waals surface area (Å²) in [7, 11) is 1.60. The predicted octanol–water partition coefficient (Wildman–Crippen LogP) is 3.53. The molecule has 0 bridgehead atoms. The third kappa shape index (κ3) is 5.23. The van der Waals surface area contributed by atoms with E-state index < -0.39 is 12.0 Å². The van der Waals surface area contributed by atoms with Crippen LogP contribution in [-0.4, -0.2) is 24.2 Å². The second-order valence-corrected chi connectivity index (χ2v) is 7.36. The molecule has 0 radical (unpaired) electrons. The molecule has 1 atom stereocenters. The number of aliphatic carboxylic acids is 1. The molecule has 0 saturated heterocycles. The Balaban J connectivity index is 2.11. The molecule has 140 valence electrons. The number of carbonyl (C=O) groups is 1. The van der Waals surface area contributed by atoms with Gasteiger partial charge in [-0.15, -0.1) is 0 Å². The van der Waals surface area contributed by atoms with E-state index in [0.29, 0.717) is 12.4 Å². The zero-order chi connectivity index (χ0) is 19.3. The Kier molecular flexibility index (Phi) is 6.27. The molecule has 26 heavy (non-hydrogen) atoms. The van der Waals surface area contributed by atoms with Crippen LogP contribution in [0.3, 0.4) is 0 Å². The van der Waals surface area contributed by atoms with E-state index in [1.807, 2.05) is 30.3 Å². The lowest BCUT2D eigenvalue weighted by Crippen LogP contribution is -2.32. The van der Waals surface area contributed by atoms with Crippen molar-refractivity contribution in [2.45, 2.75) is 45.3 Å². The van der Waals surface area contributed by atoms with Gasteiger partial charge in [0.05, 0.1) is 7.11 Å². The molecule has 0 heterocycles. The van der Waals surface area contributed by atoms with Gasteiger partial charge in [0.2, 0.25) is 0 Å². The summed E-state index contributed by atoms with van der Waals surface area (Å²) in [5.74, 6) is 0.453. The molecule has 0 saturated carbocycles. The summed E-state index contributed by atoms with van der Waals surface area (Å²) in [6, 6.07) is 12.6. The molecule has 0 aromatic heterocycles. The molecule has 2 rings (SSSR count). The van der Waals surface area contributed by atoms with E-state index in [1.54, 1.807) is 7.11 Å². The van der Waals surface area contributed by atoms with E-state index in [-0.39, 0.29) is 11.8 Å². The van der Waals surface area contributed by atoms with Crippen molar-refractivity contribution in [3.05, 3.63) is 59.2 Å². The summed E-state index contributed by atoms with van der Waals surface area (Å²) in [5.41, 5.74) is 8.65. The largest absolute Gasteiger partial charge is 0.496 e. The van der Waals surface area contributed by atoms with Gasteiger partial charge in [-0.2, -0.15) is 0 Å². The maximum atomic E-state index is 10.9. The highest BCUT2D eigenvalue weighted by Crippen LogP contribution is 2.26. The van der Waals surface area contributed by atoms with Gasteiger partial charge in [0.15, 0.2) is 0 Å². The Morgan fingerprint density at radius 1 is 1.15 bits per heavy atom. The van der Waals surface area contributed by atoms with Gasteiger partial charge < -0.3 is 20.3 Å². The third-order valence-electron chi connectivity index (χ3n) is 4.23. The van der Waals surface area contributed by atoms with Gasteiger partial charge in [0.1, 0.15) is 24.1 Å². The molecule has 0 fully saturated rings. The Morgan fingerprint density at radius 2 is 1.81 bits per heavy atom. The van der Waals surface area contributed by atoms with E-state index in [0.717, 1.165) is 16.9 Å². The number of ether oxygens (including phenoxy) is 2. The van der Waals surface area contributed by atoms with Gasteiger partial charge in [-0.25, -0.2) is 0 Å². The number of hydrogen-bond donors (Lipinski definition) is 2. The van der Waals surface area contributed by atoms with E-state index in [9.17, 15) is 4.79 Å². The molecule has 0 aliphatic rings. The first-order valence-corrected chi connectivity index (χ1v) is 8.58. The summed E-state index contributed by atoms with van der Waals surface area (Å²) in [5, 5.41) is 8.97. The Labute approximate surface area is 154 Å². The molecule has 0 amide bonds. The van der Waals surface area contributed by atoms with Crippen LogP contribution in [0, 0.1) is 0 Å². The fourth-order valence-electron chi connectivity index (χ4n) is 2.63. The Morgan fingerprint density at radius 3 is 2.35 bits per heavy atom. The van der Waals surface area contributed by atoms with E-state index in [2.05, 4.69) is 32.9 Å². The van der Waals surface area contributed by atoms with Crippen molar-refractivity contribution in [3.63, 3.8) is 0 Å². The number of carboxylic acids is 1. The normalized spacial score (nSPS) is 12.5. The third-order valence-corrected chi connectivity index (χ3v) is 4.23. The van der Waals surface area contributed by atoms with Gasteiger partial charge in [0.25, 0.3) is 0 Å². The second-order valence-electron chi connectivity index (χ2n) is 7.36. The molecule has 1 unspecified atom stereocenters. The second kappa shape index (κ2) is 8.23. The molecule has 5 heteroatoms.